The van der Waals surface area contributed by atoms with Gasteiger partial charge in [0.05, 0.1) is 18.8 Å². The van der Waals surface area contributed by atoms with Gasteiger partial charge in [-0.25, -0.2) is 0 Å². The average molecular weight is 846 g/mol. The number of carbonyl (C=O) groups is 1. The summed E-state index contributed by atoms with van der Waals surface area (Å²) in [6.45, 7) is 4.19. The first-order chi connectivity index (χ1) is 30.2. The molecule has 61 heavy (non-hydrogen) atoms. The summed E-state index contributed by atoms with van der Waals surface area (Å²) in [5.41, 5.74) is 0. The highest BCUT2D eigenvalue weighted by molar-refractivity contribution is 5.76. The zero-order chi connectivity index (χ0) is 44.2. The molecule has 0 fully saturated rings. The maximum absolute atomic E-state index is 12.4. The van der Waals surface area contributed by atoms with Crippen LogP contribution < -0.4 is 5.32 Å². The molecule has 0 aliphatic carbocycles. The summed E-state index contributed by atoms with van der Waals surface area (Å²) in [6, 6.07) is -0.651. The molecule has 0 aliphatic heterocycles. The van der Waals surface area contributed by atoms with E-state index in [-0.39, 0.29) is 12.5 Å². The van der Waals surface area contributed by atoms with Gasteiger partial charge >= 0.3 is 0 Å². The molecule has 0 aromatic rings. The van der Waals surface area contributed by atoms with E-state index in [4.69, 9.17) is 0 Å². The van der Waals surface area contributed by atoms with Crippen molar-refractivity contribution in [1.29, 1.82) is 0 Å². The zero-order valence-electron chi connectivity index (χ0n) is 40.2. The van der Waals surface area contributed by atoms with Gasteiger partial charge in [-0.05, 0) is 83.5 Å². The number of amides is 1. The van der Waals surface area contributed by atoms with Crippen molar-refractivity contribution in [2.45, 2.75) is 251 Å². The number of aliphatic hydroxyl groups excluding tert-OH is 2. The lowest BCUT2D eigenvalue weighted by atomic mass is 10.0. The van der Waals surface area contributed by atoms with E-state index < -0.39 is 12.1 Å². The summed E-state index contributed by atoms with van der Waals surface area (Å²) in [7, 11) is 0. The number of rotatable bonds is 46. The van der Waals surface area contributed by atoms with E-state index in [0.717, 1.165) is 83.5 Å². The fourth-order valence-electron chi connectivity index (χ4n) is 7.37. The molecule has 0 bridgehead atoms. The summed E-state index contributed by atoms with van der Waals surface area (Å²) in [5.74, 6) is -0.0853. The van der Waals surface area contributed by atoms with Crippen LogP contribution in [-0.4, -0.2) is 34.9 Å². The Bertz CT molecular complexity index is 1140. The maximum Gasteiger partial charge on any atom is 0.220 e. The number of hydrogen-bond donors (Lipinski definition) is 3. The van der Waals surface area contributed by atoms with Gasteiger partial charge in [0.25, 0.3) is 0 Å². The van der Waals surface area contributed by atoms with Crippen molar-refractivity contribution < 1.29 is 15.0 Å². The molecule has 3 N–H and O–H groups in total. The Morgan fingerprint density at radius 1 is 0.410 bits per heavy atom. The van der Waals surface area contributed by atoms with Gasteiger partial charge in [0.2, 0.25) is 5.91 Å². The molecule has 4 nitrogen and oxygen atoms in total. The number of allylic oxidation sites excluding steroid dienone is 15. The van der Waals surface area contributed by atoms with E-state index in [0.29, 0.717) is 6.42 Å². The largest absolute Gasteiger partial charge is 0.394 e. The van der Waals surface area contributed by atoms with E-state index in [1.807, 2.05) is 6.08 Å². The van der Waals surface area contributed by atoms with Crippen molar-refractivity contribution in [2.24, 2.45) is 0 Å². The molecule has 2 atom stereocenters. The third-order valence-corrected chi connectivity index (χ3v) is 11.3. The predicted molar refractivity (Wildman–Crippen MR) is 271 cm³/mol. The van der Waals surface area contributed by atoms with Crippen LogP contribution in [-0.2, 0) is 4.79 Å². The van der Waals surface area contributed by atoms with Crippen LogP contribution in [0.15, 0.2) is 97.2 Å². The first-order valence-corrected chi connectivity index (χ1v) is 26.0. The number of nitrogens with one attached hydrogen (secondary N) is 1. The molecule has 0 spiro atoms. The van der Waals surface area contributed by atoms with Gasteiger partial charge in [0.1, 0.15) is 0 Å². The van der Waals surface area contributed by atoms with Crippen molar-refractivity contribution in [1.82, 2.24) is 5.32 Å². The molecule has 2 unspecified atom stereocenters. The number of unbranched alkanes of at least 4 members (excludes halogenated alkanes) is 25. The van der Waals surface area contributed by atoms with E-state index in [9.17, 15) is 15.0 Å². The van der Waals surface area contributed by atoms with Gasteiger partial charge in [-0.1, -0.05) is 246 Å². The van der Waals surface area contributed by atoms with Crippen LogP contribution in [0.25, 0.3) is 0 Å². The van der Waals surface area contributed by atoms with Gasteiger partial charge in [-0.15, -0.1) is 0 Å². The van der Waals surface area contributed by atoms with Crippen molar-refractivity contribution in [3.8, 4) is 0 Å². The molecule has 0 rings (SSSR count). The van der Waals surface area contributed by atoms with Crippen molar-refractivity contribution in [2.75, 3.05) is 6.61 Å². The van der Waals surface area contributed by atoms with Crippen molar-refractivity contribution in [3.63, 3.8) is 0 Å². The van der Waals surface area contributed by atoms with Gasteiger partial charge in [0, 0.05) is 6.42 Å². The first kappa shape index (κ1) is 58.3. The van der Waals surface area contributed by atoms with Gasteiger partial charge in [-0.3, -0.25) is 4.79 Å². The minimum Gasteiger partial charge on any atom is -0.394 e. The Morgan fingerprint density at radius 3 is 1.15 bits per heavy atom. The number of hydrogen-bond acceptors (Lipinski definition) is 3. The molecule has 0 saturated carbocycles. The first-order valence-electron chi connectivity index (χ1n) is 26.0. The summed E-state index contributed by atoms with van der Waals surface area (Å²) in [6.07, 6.45) is 76.8. The summed E-state index contributed by atoms with van der Waals surface area (Å²) in [5, 5.41) is 23.1. The Kier molecular flexibility index (Phi) is 49.4. The molecule has 0 aromatic heterocycles. The highest BCUT2D eigenvalue weighted by atomic mass is 16.3. The number of carbonyl (C=O) groups excluding carboxylic acids is 1. The summed E-state index contributed by atoms with van der Waals surface area (Å²) < 4.78 is 0. The van der Waals surface area contributed by atoms with E-state index in [1.54, 1.807) is 6.08 Å². The minimum absolute atomic E-state index is 0.0853. The van der Waals surface area contributed by atoms with Crippen LogP contribution in [0.1, 0.15) is 239 Å². The van der Waals surface area contributed by atoms with Crippen molar-refractivity contribution >= 4 is 5.91 Å². The third kappa shape index (κ3) is 48.2. The minimum atomic E-state index is -0.873. The van der Waals surface area contributed by atoms with Crippen LogP contribution >= 0.6 is 0 Å². The molecular weight excluding hydrogens is 747 g/mol. The smallest absolute Gasteiger partial charge is 0.220 e. The monoisotopic (exact) mass is 846 g/mol. The molecule has 0 heterocycles. The zero-order valence-corrected chi connectivity index (χ0v) is 40.2. The topological polar surface area (TPSA) is 69.6 Å². The van der Waals surface area contributed by atoms with Crippen LogP contribution in [0.4, 0.5) is 0 Å². The Hall–Kier alpha value is -2.69. The molecule has 0 aromatic carbocycles. The number of aliphatic hydroxyl groups is 2. The highest BCUT2D eigenvalue weighted by Gasteiger charge is 2.17. The van der Waals surface area contributed by atoms with Crippen LogP contribution in [0.3, 0.4) is 0 Å². The SMILES string of the molecule is CC/C=C\C/C=C\C/C=C\C/C=C\C/C=C\C/C=C\CCCCCCCCCCC(=O)NC(CO)C(O)/C=C/CC/C=C/CCCCCCCCCCCCCCCCCC. The quantitative estimate of drug-likeness (QED) is 0.0422. The summed E-state index contributed by atoms with van der Waals surface area (Å²) in [4.78, 5) is 12.4. The van der Waals surface area contributed by atoms with Gasteiger partial charge in [0.15, 0.2) is 0 Å². The van der Waals surface area contributed by atoms with Crippen LogP contribution in [0, 0.1) is 0 Å². The van der Waals surface area contributed by atoms with E-state index in [1.165, 1.54) is 135 Å². The second-order valence-electron chi connectivity index (χ2n) is 17.2. The molecule has 1 amide bonds. The summed E-state index contributed by atoms with van der Waals surface area (Å²) >= 11 is 0. The Morgan fingerprint density at radius 2 is 0.738 bits per heavy atom. The lowest BCUT2D eigenvalue weighted by molar-refractivity contribution is -0.123. The van der Waals surface area contributed by atoms with E-state index in [2.05, 4.69) is 104 Å². The fraction of sp³-hybridized carbons (Fsp3) is 0.702. The van der Waals surface area contributed by atoms with Crippen LogP contribution in [0.2, 0.25) is 0 Å². The standard InChI is InChI=1S/C57H99NO3/c1-3-5-7-9-11-13-15-17-19-21-23-25-27-28-29-30-31-33-35-37-39-41-43-45-47-49-51-53-57(61)58-55(54-59)56(60)52-50-48-46-44-42-40-38-36-34-32-26-24-22-20-18-16-14-12-10-8-6-4-2/h5,7,11,13,17,19,23,25,28-29,31,33,42,44,50,52,55-56,59-60H,3-4,6,8-10,12,14-16,18,20-22,24,26-27,30,32,34-41,43,45-49,51,53-54H2,1-2H3,(H,58,61)/b7-5-,13-11-,19-17-,25-23-,29-28-,33-31-,44-42+,52-50+. The molecule has 350 valence electrons. The second kappa shape index (κ2) is 51.7. The molecule has 0 aliphatic rings. The maximum atomic E-state index is 12.4. The fourth-order valence-corrected chi connectivity index (χ4v) is 7.37. The van der Waals surface area contributed by atoms with Gasteiger partial charge in [-0.2, -0.15) is 0 Å². The van der Waals surface area contributed by atoms with Crippen molar-refractivity contribution in [3.05, 3.63) is 97.2 Å². The lowest BCUT2D eigenvalue weighted by Crippen LogP contribution is -2.45. The Balaban J connectivity index is 3.63. The average Bonchev–Trinajstić information content (AvgIpc) is 3.26. The second-order valence-corrected chi connectivity index (χ2v) is 17.2. The normalized spacial score (nSPS) is 13.7. The lowest BCUT2D eigenvalue weighted by Gasteiger charge is -2.19. The highest BCUT2D eigenvalue weighted by Crippen LogP contribution is 2.15. The Labute approximate surface area is 379 Å². The molecule has 0 radical (unpaired) electrons. The van der Waals surface area contributed by atoms with E-state index >= 15 is 0 Å². The molecule has 0 saturated heterocycles. The third-order valence-electron chi connectivity index (χ3n) is 11.3. The molecular formula is C57H99NO3. The van der Waals surface area contributed by atoms with Gasteiger partial charge < -0.3 is 15.5 Å². The predicted octanol–water partition coefficient (Wildman–Crippen LogP) is 17.0. The van der Waals surface area contributed by atoms with Crippen LogP contribution in [0.5, 0.6) is 0 Å². The molecule has 4 heteroatoms.